The van der Waals surface area contributed by atoms with E-state index >= 15 is 0 Å². The third-order valence-corrected chi connectivity index (χ3v) is 6.90. The summed E-state index contributed by atoms with van der Waals surface area (Å²) in [5, 5.41) is 0. The lowest BCUT2D eigenvalue weighted by atomic mass is 10.1. The molecule has 0 bridgehead atoms. The van der Waals surface area contributed by atoms with Gasteiger partial charge >= 0.3 is 19.5 Å². The van der Waals surface area contributed by atoms with E-state index in [2.05, 4.69) is 4.98 Å². The van der Waals surface area contributed by atoms with Crippen molar-refractivity contribution in [3.05, 3.63) is 22.7 Å². The second kappa shape index (κ2) is 9.35. The standard InChI is InChI=1S/C17H24Cl2N3O8P/c1-9(2)28-14(23)10(3)5-7-26-31(25)27-8-11-13(30-31)17(18,19)15(29-11)22-6-4-12(20)21-16(22)24/h4,6,9-11,13,15H,5,7-8H2,1-3H3,(H2,20,21,24)/t10-,11+,13+,15+,31+/m0/s1. The predicted molar refractivity (Wildman–Crippen MR) is 111 cm³/mol. The van der Waals surface area contributed by atoms with E-state index in [9.17, 15) is 14.2 Å². The van der Waals surface area contributed by atoms with Crippen LogP contribution < -0.4 is 11.4 Å². The van der Waals surface area contributed by atoms with Crippen molar-refractivity contribution in [3.63, 3.8) is 0 Å². The van der Waals surface area contributed by atoms with E-state index in [4.69, 9.17) is 52.0 Å². The number of ether oxygens (including phenoxy) is 2. The number of anilines is 1. The van der Waals surface area contributed by atoms with Gasteiger partial charge in [-0.25, -0.2) is 9.36 Å². The lowest BCUT2D eigenvalue weighted by molar-refractivity contribution is -0.152. The maximum absolute atomic E-state index is 12.9. The number of aromatic nitrogens is 2. The lowest BCUT2D eigenvalue weighted by Crippen LogP contribution is -2.43. The molecular weight excluding hydrogens is 476 g/mol. The first-order valence-electron chi connectivity index (χ1n) is 9.59. The number of hydrogen-bond acceptors (Lipinski definition) is 10. The topological polar surface area (TPSA) is 141 Å². The molecular formula is C17H24Cl2N3O8P. The normalized spacial score (nSPS) is 30.7. The summed E-state index contributed by atoms with van der Waals surface area (Å²) in [5.74, 6) is -0.844. The number of hydrogen-bond donors (Lipinski definition) is 1. The summed E-state index contributed by atoms with van der Waals surface area (Å²) in [5.41, 5.74) is 4.77. The number of phosphoric acid groups is 1. The maximum Gasteiger partial charge on any atom is 0.475 e. The number of esters is 1. The average Bonchev–Trinajstić information content (AvgIpc) is 2.91. The van der Waals surface area contributed by atoms with Crippen molar-refractivity contribution in [2.24, 2.45) is 5.92 Å². The minimum Gasteiger partial charge on any atom is -0.463 e. The predicted octanol–water partition coefficient (Wildman–Crippen LogP) is 2.41. The van der Waals surface area contributed by atoms with Crippen molar-refractivity contribution in [2.45, 2.75) is 56.1 Å². The van der Waals surface area contributed by atoms with Crippen molar-refractivity contribution >= 4 is 42.8 Å². The van der Waals surface area contributed by atoms with Gasteiger partial charge in [0.1, 0.15) is 18.0 Å². The van der Waals surface area contributed by atoms with Gasteiger partial charge in [0.2, 0.25) is 0 Å². The molecule has 0 radical (unpaired) electrons. The first-order valence-corrected chi connectivity index (χ1v) is 11.8. The van der Waals surface area contributed by atoms with Gasteiger partial charge in [-0.2, -0.15) is 4.98 Å². The van der Waals surface area contributed by atoms with Gasteiger partial charge in [-0.05, 0) is 26.3 Å². The maximum atomic E-state index is 12.9. The Morgan fingerprint density at radius 1 is 1.45 bits per heavy atom. The summed E-state index contributed by atoms with van der Waals surface area (Å²) < 4.78 is 39.0. The molecule has 1 aromatic heterocycles. The summed E-state index contributed by atoms with van der Waals surface area (Å²) >= 11 is 12.9. The van der Waals surface area contributed by atoms with Gasteiger partial charge in [0.25, 0.3) is 0 Å². The fourth-order valence-corrected chi connectivity index (χ4v) is 5.29. The molecule has 2 N–H and O–H groups in total. The van der Waals surface area contributed by atoms with E-state index in [0.717, 1.165) is 4.57 Å². The summed E-state index contributed by atoms with van der Waals surface area (Å²) in [6.07, 6.45) is -1.79. The number of halogens is 2. The van der Waals surface area contributed by atoms with Crippen LogP contribution in [0, 0.1) is 5.92 Å². The van der Waals surface area contributed by atoms with Crippen LogP contribution in [-0.2, 0) is 32.4 Å². The van der Waals surface area contributed by atoms with Crippen LogP contribution in [-0.4, -0.2) is 51.4 Å². The van der Waals surface area contributed by atoms with Crippen molar-refractivity contribution in [1.29, 1.82) is 0 Å². The summed E-state index contributed by atoms with van der Waals surface area (Å²) in [6, 6.07) is 1.38. The van der Waals surface area contributed by atoms with Crippen molar-refractivity contribution < 1.29 is 32.4 Å². The highest BCUT2D eigenvalue weighted by molar-refractivity contribution is 7.48. The van der Waals surface area contributed by atoms with E-state index < -0.39 is 48.2 Å². The average molecular weight is 500 g/mol. The minimum atomic E-state index is -4.04. The van der Waals surface area contributed by atoms with Crippen molar-refractivity contribution in [3.8, 4) is 0 Å². The molecule has 2 aliphatic rings. The summed E-state index contributed by atoms with van der Waals surface area (Å²) in [6.45, 7) is 4.87. The quantitative estimate of drug-likeness (QED) is 0.337. The van der Waals surface area contributed by atoms with E-state index in [1.54, 1.807) is 20.8 Å². The Morgan fingerprint density at radius 3 is 2.81 bits per heavy atom. The number of alkyl halides is 2. The van der Waals surface area contributed by atoms with E-state index in [1.807, 2.05) is 0 Å². The molecule has 2 fully saturated rings. The number of carbonyl (C=O) groups excluding carboxylic acids is 1. The van der Waals surface area contributed by atoms with Crippen molar-refractivity contribution in [2.75, 3.05) is 18.9 Å². The highest BCUT2D eigenvalue weighted by Crippen LogP contribution is 2.61. The Balaban J connectivity index is 1.64. The van der Waals surface area contributed by atoms with Gasteiger partial charge in [0.15, 0.2) is 10.6 Å². The zero-order valence-corrected chi connectivity index (χ0v) is 19.5. The Hall–Kier alpha value is -1.20. The van der Waals surface area contributed by atoms with Crippen LogP contribution in [0.25, 0.3) is 0 Å². The molecule has 3 heterocycles. The number of nitrogen functional groups attached to an aromatic ring is 1. The van der Waals surface area contributed by atoms with Gasteiger partial charge in [-0.3, -0.25) is 22.9 Å². The lowest BCUT2D eigenvalue weighted by Gasteiger charge is -2.33. The van der Waals surface area contributed by atoms with Gasteiger partial charge in [-0.1, -0.05) is 30.1 Å². The van der Waals surface area contributed by atoms with E-state index in [1.165, 1.54) is 12.3 Å². The summed E-state index contributed by atoms with van der Waals surface area (Å²) in [4.78, 5) is 27.6. The molecule has 0 spiro atoms. The fourth-order valence-electron chi connectivity index (χ4n) is 3.05. The first kappa shape index (κ1) is 24.4. The number of nitrogens with zero attached hydrogens (tertiary/aromatic N) is 2. The Morgan fingerprint density at radius 2 is 2.16 bits per heavy atom. The monoisotopic (exact) mass is 499 g/mol. The third kappa shape index (κ3) is 5.42. The number of rotatable bonds is 7. The van der Waals surface area contributed by atoms with Gasteiger partial charge in [0.05, 0.1) is 25.2 Å². The second-order valence-electron chi connectivity index (χ2n) is 7.52. The molecule has 3 rings (SSSR count). The number of fused-ring (bicyclic) bond motifs is 1. The third-order valence-electron chi connectivity index (χ3n) is 4.65. The molecule has 0 unspecified atom stereocenters. The van der Waals surface area contributed by atoms with Gasteiger partial charge in [0, 0.05) is 6.20 Å². The zero-order valence-electron chi connectivity index (χ0n) is 17.1. The molecule has 0 aliphatic carbocycles. The SMILES string of the molecule is CC(C)OC(=O)[C@@H](C)CCO[P@]1(=O)OC[C@H]2O[C@@H](n3ccc(N)nc3=O)C(Cl)(Cl)[C@@H]2O1. The Bertz CT molecular complexity index is 927. The number of carbonyl (C=O) groups is 1. The molecule has 31 heavy (non-hydrogen) atoms. The molecule has 0 amide bonds. The largest absolute Gasteiger partial charge is 0.475 e. The van der Waals surface area contributed by atoms with Crippen LogP contribution in [0.1, 0.15) is 33.4 Å². The van der Waals surface area contributed by atoms with Gasteiger partial charge < -0.3 is 15.2 Å². The Kier molecular flexibility index (Phi) is 7.37. The molecule has 14 heteroatoms. The Labute approximate surface area is 188 Å². The van der Waals surface area contributed by atoms with Crippen LogP contribution in [0.2, 0.25) is 0 Å². The molecule has 1 aromatic rings. The molecule has 2 aliphatic heterocycles. The van der Waals surface area contributed by atoms with E-state index in [0.29, 0.717) is 0 Å². The molecule has 11 nitrogen and oxygen atoms in total. The smallest absolute Gasteiger partial charge is 0.463 e. The minimum absolute atomic E-state index is 0.0235. The van der Waals surface area contributed by atoms with Crippen LogP contribution in [0.3, 0.4) is 0 Å². The highest BCUT2D eigenvalue weighted by atomic mass is 35.5. The molecule has 0 aromatic carbocycles. The number of nitrogens with two attached hydrogens (primary N) is 1. The fraction of sp³-hybridized carbons (Fsp3) is 0.706. The van der Waals surface area contributed by atoms with Crippen LogP contribution in [0.5, 0.6) is 0 Å². The van der Waals surface area contributed by atoms with Crippen molar-refractivity contribution in [1.82, 2.24) is 9.55 Å². The van der Waals surface area contributed by atoms with Crippen LogP contribution in [0.4, 0.5) is 5.82 Å². The second-order valence-corrected chi connectivity index (χ2v) is 10.6. The highest BCUT2D eigenvalue weighted by Gasteiger charge is 2.62. The van der Waals surface area contributed by atoms with Crippen LogP contribution in [0.15, 0.2) is 17.1 Å². The molecule has 2 saturated heterocycles. The zero-order chi connectivity index (χ0) is 23.0. The van der Waals surface area contributed by atoms with Crippen LogP contribution >= 0.6 is 31.0 Å². The van der Waals surface area contributed by atoms with E-state index in [-0.39, 0.29) is 31.6 Å². The molecule has 174 valence electrons. The first-order chi connectivity index (χ1) is 14.4. The summed E-state index contributed by atoms with van der Waals surface area (Å²) in [7, 11) is -4.04. The molecule has 0 saturated carbocycles. The number of phosphoric ester groups is 1. The van der Waals surface area contributed by atoms with Gasteiger partial charge in [-0.15, -0.1) is 0 Å². The molecule has 5 atom stereocenters.